The molecule has 2 rings (SSSR count). The fraction of sp³-hybridized carbons (Fsp3) is 0.600. The molecule has 1 saturated heterocycles. The maximum absolute atomic E-state index is 12.7. The first-order chi connectivity index (χ1) is 8.90. The summed E-state index contributed by atoms with van der Waals surface area (Å²) in [6.07, 6.45) is -4.67. The Hall–Kier alpha value is -1.61. The zero-order valence-corrected chi connectivity index (χ0v) is 10.2. The number of alkyl halides is 3. The number of aromatic nitrogens is 2. The van der Waals surface area contributed by atoms with Crippen LogP contribution in [-0.4, -0.2) is 35.8 Å². The van der Waals surface area contributed by atoms with Crippen LogP contribution in [0.5, 0.6) is 0 Å². The second-order valence-electron chi connectivity index (χ2n) is 4.20. The van der Waals surface area contributed by atoms with Gasteiger partial charge in [0.1, 0.15) is 11.6 Å². The van der Waals surface area contributed by atoms with Crippen LogP contribution in [0.2, 0.25) is 0 Å². The van der Waals surface area contributed by atoms with Gasteiger partial charge in [-0.2, -0.15) is 13.2 Å². The highest BCUT2D eigenvalue weighted by Gasteiger charge is 2.36. The molecule has 0 radical (unpaired) electrons. The number of morpholine rings is 1. The number of nitrogens with one attached hydrogen (secondary N) is 1. The van der Waals surface area contributed by atoms with Crippen molar-refractivity contribution in [3.63, 3.8) is 0 Å². The van der Waals surface area contributed by atoms with Crippen LogP contribution in [0, 0.1) is 0 Å². The predicted molar refractivity (Wildman–Crippen MR) is 62.5 cm³/mol. The Kier molecular flexibility index (Phi) is 3.76. The average Bonchev–Trinajstić information content (AvgIpc) is 2.37. The van der Waals surface area contributed by atoms with Crippen LogP contribution in [0.25, 0.3) is 0 Å². The summed E-state index contributed by atoms with van der Waals surface area (Å²) in [4.78, 5) is 8.57. The molecule has 1 unspecified atom stereocenters. The highest BCUT2D eigenvalue weighted by molar-refractivity contribution is 5.49. The van der Waals surface area contributed by atoms with Crippen LogP contribution in [0.4, 0.5) is 24.8 Å². The first-order valence-corrected chi connectivity index (χ1v) is 5.69. The molecule has 1 aliphatic heterocycles. The van der Waals surface area contributed by atoms with Gasteiger partial charge in [0.15, 0.2) is 0 Å². The molecule has 0 aromatic carbocycles. The van der Waals surface area contributed by atoms with Crippen LogP contribution >= 0.6 is 0 Å². The van der Waals surface area contributed by atoms with E-state index in [-0.39, 0.29) is 17.7 Å². The van der Waals surface area contributed by atoms with Crippen molar-refractivity contribution >= 4 is 11.6 Å². The van der Waals surface area contributed by atoms with E-state index in [0.29, 0.717) is 19.7 Å². The molecule has 1 atom stereocenters. The van der Waals surface area contributed by atoms with Crippen molar-refractivity contribution in [1.82, 2.24) is 9.97 Å². The van der Waals surface area contributed by atoms with Crippen LogP contribution in [-0.2, 0) is 10.9 Å². The Morgan fingerprint density at radius 3 is 2.79 bits per heavy atom. The minimum Gasteiger partial charge on any atom is -0.375 e. The van der Waals surface area contributed by atoms with E-state index in [4.69, 9.17) is 10.6 Å². The third kappa shape index (κ3) is 3.24. The minimum atomic E-state index is -4.61. The summed E-state index contributed by atoms with van der Waals surface area (Å²) in [6, 6.07) is 1.38. The lowest BCUT2D eigenvalue weighted by Crippen LogP contribution is -2.41. The first kappa shape index (κ1) is 13.8. The zero-order chi connectivity index (χ0) is 14.0. The number of rotatable bonds is 2. The van der Waals surface area contributed by atoms with E-state index in [1.165, 1.54) is 6.07 Å². The topological polar surface area (TPSA) is 76.3 Å². The van der Waals surface area contributed by atoms with Gasteiger partial charge in [-0.3, -0.25) is 0 Å². The van der Waals surface area contributed by atoms with Gasteiger partial charge in [0.25, 0.3) is 0 Å². The highest BCUT2D eigenvalue weighted by Crippen LogP contribution is 2.29. The highest BCUT2D eigenvalue weighted by atomic mass is 19.4. The summed E-state index contributed by atoms with van der Waals surface area (Å²) >= 11 is 0. The maximum Gasteiger partial charge on any atom is 0.451 e. The fourth-order valence-corrected chi connectivity index (χ4v) is 1.82. The van der Waals surface area contributed by atoms with Crippen LogP contribution in [0.1, 0.15) is 12.7 Å². The molecule has 9 heteroatoms. The lowest BCUT2D eigenvalue weighted by atomic mass is 10.3. The fourth-order valence-electron chi connectivity index (χ4n) is 1.82. The van der Waals surface area contributed by atoms with Gasteiger partial charge >= 0.3 is 6.18 Å². The smallest absolute Gasteiger partial charge is 0.375 e. The van der Waals surface area contributed by atoms with E-state index in [2.05, 4.69) is 15.4 Å². The third-order valence-electron chi connectivity index (χ3n) is 2.68. The summed E-state index contributed by atoms with van der Waals surface area (Å²) in [5.74, 6) is 4.04. The third-order valence-corrected chi connectivity index (χ3v) is 2.68. The predicted octanol–water partition coefficient (Wildman–Crippen LogP) is 1.01. The van der Waals surface area contributed by atoms with Crippen LogP contribution < -0.4 is 16.2 Å². The second-order valence-corrected chi connectivity index (χ2v) is 4.20. The average molecular weight is 277 g/mol. The van der Waals surface area contributed by atoms with Gasteiger partial charge in [0.05, 0.1) is 12.7 Å². The molecule has 0 bridgehead atoms. The number of nitrogen functional groups attached to an aromatic ring is 1. The molecule has 1 fully saturated rings. The molecule has 19 heavy (non-hydrogen) atoms. The van der Waals surface area contributed by atoms with E-state index in [9.17, 15) is 13.2 Å². The molecule has 0 amide bonds. The van der Waals surface area contributed by atoms with Crippen LogP contribution in [0.3, 0.4) is 0 Å². The van der Waals surface area contributed by atoms with Crippen molar-refractivity contribution in [1.29, 1.82) is 0 Å². The van der Waals surface area contributed by atoms with Crippen molar-refractivity contribution in [2.45, 2.75) is 19.2 Å². The number of hydrazine groups is 1. The number of halogens is 3. The molecule has 3 N–H and O–H groups in total. The second kappa shape index (κ2) is 5.17. The van der Waals surface area contributed by atoms with Gasteiger partial charge in [0, 0.05) is 19.2 Å². The SMILES string of the molecule is CC1CN(c2cc(NN)nc(C(F)(F)F)n2)CCO1. The Morgan fingerprint density at radius 2 is 2.21 bits per heavy atom. The number of nitrogens with two attached hydrogens (primary N) is 1. The number of anilines is 2. The molecule has 1 aromatic heterocycles. The Morgan fingerprint density at radius 1 is 1.47 bits per heavy atom. The monoisotopic (exact) mass is 277 g/mol. The molecule has 6 nitrogen and oxygen atoms in total. The summed E-state index contributed by atoms with van der Waals surface area (Å²) in [5.41, 5.74) is 2.12. The van der Waals surface area contributed by atoms with Crippen molar-refractivity contribution in [2.75, 3.05) is 30.0 Å². The molecule has 2 heterocycles. The molecule has 0 saturated carbocycles. The molecular formula is C10H14F3N5O. The summed E-state index contributed by atoms with van der Waals surface area (Å²) in [7, 11) is 0. The molecule has 0 spiro atoms. The number of ether oxygens (including phenoxy) is 1. The standard InChI is InChI=1S/C10H14F3N5O/c1-6-5-18(2-3-19-6)8-4-7(17-14)15-9(16-8)10(11,12)13/h4,6H,2-3,5,14H2,1H3,(H,15,16,17). The van der Waals surface area contributed by atoms with E-state index in [1.807, 2.05) is 6.92 Å². The van der Waals surface area contributed by atoms with E-state index >= 15 is 0 Å². The van der Waals surface area contributed by atoms with Gasteiger partial charge in [0.2, 0.25) is 5.82 Å². The number of hydrogen-bond donors (Lipinski definition) is 2. The van der Waals surface area contributed by atoms with Gasteiger partial charge < -0.3 is 15.1 Å². The lowest BCUT2D eigenvalue weighted by molar-refractivity contribution is -0.144. The normalized spacial score (nSPS) is 20.5. The maximum atomic E-state index is 12.7. The molecular weight excluding hydrogens is 263 g/mol. The lowest BCUT2D eigenvalue weighted by Gasteiger charge is -2.32. The van der Waals surface area contributed by atoms with Crippen molar-refractivity contribution in [3.8, 4) is 0 Å². The first-order valence-electron chi connectivity index (χ1n) is 5.69. The Labute approximate surface area is 107 Å². The quantitative estimate of drug-likeness (QED) is 0.620. The van der Waals surface area contributed by atoms with Gasteiger partial charge in [-0.15, -0.1) is 0 Å². The summed E-state index contributed by atoms with van der Waals surface area (Å²) < 4.78 is 43.4. The van der Waals surface area contributed by atoms with Gasteiger partial charge in [-0.25, -0.2) is 15.8 Å². The summed E-state index contributed by atoms with van der Waals surface area (Å²) in [6.45, 7) is 3.24. The van der Waals surface area contributed by atoms with Crippen molar-refractivity contribution in [2.24, 2.45) is 5.84 Å². The van der Waals surface area contributed by atoms with E-state index < -0.39 is 12.0 Å². The molecule has 1 aromatic rings. The zero-order valence-electron chi connectivity index (χ0n) is 10.2. The molecule has 0 aliphatic carbocycles. The van der Waals surface area contributed by atoms with Gasteiger partial charge in [-0.1, -0.05) is 0 Å². The molecule has 1 aliphatic rings. The largest absolute Gasteiger partial charge is 0.451 e. The van der Waals surface area contributed by atoms with E-state index in [1.54, 1.807) is 4.90 Å². The molecule has 106 valence electrons. The number of nitrogens with zero attached hydrogens (tertiary/aromatic N) is 3. The Balaban J connectivity index is 2.34. The summed E-state index contributed by atoms with van der Waals surface area (Å²) in [5, 5.41) is 0. The number of hydrogen-bond acceptors (Lipinski definition) is 6. The van der Waals surface area contributed by atoms with E-state index in [0.717, 1.165) is 0 Å². The van der Waals surface area contributed by atoms with Crippen LogP contribution in [0.15, 0.2) is 6.07 Å². The van der Waals surface area contributed by atoms with Gasteiger partial charge in [-0.05, 0) is 6.92 Å². The Bertz CT molecular complexity index is 453. The minimum absolute atomic E-state index is 0.0627. The van der Waals surface area contributed by atoms with Crippen molar-refractivity contribution < 1.29 is 17.9 Å². The van der Waals surface area contributed by atoms with Crippen molar-refractivity contribution in [3.05, 3.63) is 11.9 Å².